The highest BCUT2D eigenvalue weighted by molar-refractivity contribution is 5.85. The van der Waals surface area contributed by atoms with Crippen molar-refractivity contribution in [2.75, 3.05) is 13.1 Å². The van der Waals surface area contributed by atoms with Crippen LogP contribution in [-0.4, -0.2) is 13.1 Å². The number of piperidine rings is 1. The van der Waals surface area contributed by atoms with Gasteiger partial charge in [-0.25, -0.2) is 0 Å². The minimum Gasteiger partial charge on any atom is -0.316 e. The van der Waals surface area contributed by atoms with E-state index in [1.54, 1.807) is 5.56 Å². The molecule has 17 heavy (non-hydrogen) atoms. The molecule has 2 atom stereocenters. The molecule has 0 amide bonds. The van der Waals surface area contributed by atoms with E-state index in [1.165, 1.54) is 30.3 Å². The number of hydrogen-bond donors (Lipinski definition) is 1. The SMILES string of the molecule is Cl.c1ccc2cc([C@@]34CNC[C@H]3C4)ccc2c1. The van der Waals surface area contributed by atoms with E-state index in [9.17, 15) is 0 Å². The average molecular weight is 246 g/mol. The number of nitrogens with one attached hydrogen (secondary N) is 1. The lowest BCUT2D eigenvalue weighted by molar-refractivity contribution is 0.676. The van der Waals surface area contributed by atoms with Crippen molar-refractivity contribution < 1.29 is 0 Å². The quantitative estimate of drug-likeness (QED) is 0.814. The zero-order chi connectivity index (χ0) is 10.6. The summed E-state index contributed by atoms with van der Waals surface area (Å²) in [5, 5.41) is 6.24. The summed E-state index contributed by atoms with van der Waals surface area (Å²) in [6, 6.07) is 15.6. The first-order chi connectivity index (χ1) is 7.88. The maximum absolute atomic E-state index is 3.51. The van der Waals surface area contributed by atoms with Crippen LogP contribution in [0.15, 0.2) is 42.5 Å². The number of hydrogen-bond acceptors (Lipinski definition) is 1. The van der Waals surface area contributed by atoms with Gasteiger partial charge in [0.25, 0.3) is 0 Å². The van der Waals surface area contributed by atoms with Gasteiger partial charge in [0.1, 0.15) is 0 Å². The van der Waals surface area contributed by atoms with E-state index in [1.807, 2.05) is 0 Å². The molecule has 1 heterocycles. The molecule has 88 valence electrons. The lowest BCUT2D eigenvalue weighted by Gasteiger charge is -2.13. The molecule has 1 saturated carbocycles. The van der Waals surface area contributed by atoms with Gasteiger partial charge in [0.05, 0.1) is 0 Å². The summed E-state index contributed by atoms with van der Waals surface area (Å²) in [5.41, 5.74) is 2.03. The highest BCUT2D eigenvalue weighted by Gasteiger charge is 2.57. The third-order valence-electron chi connectivity index (χ3n) is 4.39. The molecule has 2 aliphatic rings. The summed E-state index contributed by atoms with van der Waals surface area (Å²) in [5.74, 6) is 0.897. The van der Waals surface area contributed by atoms with E-state index in [4.69, 9.17) is 0 Å². The summed E-state index contributed by atoms with van der Waals surface area (Å²) < 4.78 is 0. The van der Waals surface area contributed by atoms with Crippen LogP contribution in [0.1, 0.15) is 12.0 Å². The third kappa shape index (κ3) is 1.50. The van der Waals surface area contributed by atoms with Crippen LogP contribution in [0.25, 0.3) is 10.8 Å². The summed E-state index contributed by atoms with van der Waals surface area (Å²) in [7, 11) is 0. The molecule has 1 aliphatic heterocycles. The normalized spacial score (nSPS) is 29.8. The van der Waals surface area contributed by atoms with Gasteiger partial charge in [-0.1, -0.05) is 42.5 Å². The Morgan fingerprint density at radius 2 is 1.88 bits per heavy atom. The maximum atomic E-state index is 3.51. The van der Waals surface area contributed by atoms with Crippen molar-refractivity contribution in [1.82, 2.24) is 5.32 Å². The van der Waals surface area contributed by atoms with Gasteiger partial charge in [-0.2, -0.15) is 0 Å². The minimum absolute atomic E-state index is 0. The zero-order valence-corrected chi connectivity index (χ0v) is 10.5. The second kappa shape index (κ2) is 3.72. The summed E-state index contributed by atoms with van der Waals surface area (Å²) in [6.45, 7) is 2.39. The maximum Gasteiger partial charge on any atom is 0.0122 e. The molecule has 0 spiro atoms. The topological polar surface area (TPSA) is 12.0 Å². The molecule has 0 unspecified atom stereocenters. The standard InChI is InChI=1S/C15H15N.ClH/c1-2-4-12-7-13(6-5-11(12)3-1)15-8-14(15)9-16-10-15;/h1-7,14,16H,8-10H2;1H/t14-,15-;/m1./s1. The summed E-state index contributed by atoms with van der Waals surface area (Å²) in [6.07, 6.45) is 1.39. The van der Waals surface area contributed by atoms with Gasteiger partial charge in [-0.05, 0) is 35.2 Å². The van der Waals surface area contributed by atoms with Crippen LogP contribution in [-0.2, 0) is 5.41 Å². The van der Waals surface area contributed by atoms with Crippen molar-refractivity contribution in [3.63, 3.8) is 0 Å². The molecule has 2 fully saturated rings. The molecular weight excluding hydrogens is 230 g/mol. The molecule has 4 rings (SSSR count). The first-order valence-corrected chi connectivity index (χ1v) is 6.08. The van der Waals surface area contributed by atoms with Crippen LogP contribution in [0.3, 0.4) is 0 Å². The third-order valence-corrected chi connectivity index (χ3v) is 4.39. The molecule has 1 aliphatic carbocycles. The molecule has 2 aromatic rings. The van der Waals surface area contributed by atoms with E-state index in [0.29, 0.717) is 5.41 Å². The Hall–Kier alpha value is -1.05. The van der Waals surface area contributed by atoms with E-state index < -0.39 is 0 Å². The van der Waals surface area contributed by atoms with Crippen molar-refractivity contribution in [2.24, 2.45) is 5.92 Å². The smallest absolute Gasteiger partial charge is 0.0122 e. The van der Waals surface area contributed by atoms with E-state index >= 15 is 0 Å². The molecule has 0 aromatic heterocycles. The molecular formula is C15H16ClN. The Morgan fingerprint density at radius 3 is 2.59 bits per heavy atom. The van der Waals surface area contributed by atoms with Gasteiger partial charge in [0.15, 0.2) is 0 Å². The van der Waals surface area contributed by atoms with Crippen molar-refractivity contribution in [2.45, 2.75) is 11.8 Å². The first kappa shape index (κ1) is 11.1. The zero-order valence-electron chi connectivity index (χ0n) is 9.65. The molecule has 2 aromatic carbocycles. The van der Waals surface area contributed by atoms with Gasteiger partial charge in [-0.3, -0.25) is 0 Å². The Balaban J connectivity index is 0.000000902. The van der Waals surface area contributed by atoms with E-state index in [2.05, 4.69) is 47.8 Å². The second-order valence-corrected chi connectivity index (χ2v) is 5.25. The Morgan fingerprint density at radius 1 is 1.06 bits per heavy atom. The molecule has 0 radical (unpaired) electrons. The number of benzene rings is 2. The predicted molar refractivity (Wildman–Crippen MR) is 73.9 cm³/mol. The second-order valence-electron chi connectivity index (χ2n) is 5.25. The fourth-order valence-corrected chi connectivity index (χ4v) is 3.29. The average Bonchev–Trinajstić information content (AvgIpc) is 2.92. The van der Waals surface area contributed by atoms with Crippen LogP contribution in [0, 0.1) is 5.92 Å². The van der Waals surface area contributed by atoms with Crippen LogP contribution < -0.4 is 5.32 Å². The lowest BCUT2D eigenvalue weighted by Crippen LogP contribution is -2.19. The van der Waals surface area contributed by atoms with Gasteiger partial charge in [0.2, 0.25) is 0 Å². The van der Waals surface area contributed by atoms with Crippen LogP contribution in [0.2, 0.25) is 0 Å². The fourth-order valence-electron chi connectivity index (χ4n) is 3.29. The summed E-state index contributed by atoms with van der Waals surface area (Å²) in [4.78, 5) is 0. The first-order valence-electron chi connectivity index (χ1n) is 6.08. The van der Waals surface area contributed by atoms with Crippen LogP contribution in [0.5, 0.6) is 0 Å². The van der Waals surface area contributed by atoms with Crippen LogP contribution >= 0.6 is 12.4 Å². The van der Waals surface area contributed by atoms with Gasteiger partial charge < -0.3 is 5.32 Å². The number of fused-ring (bicyclic) bond motifs is 2. The van der Waals surface area contributed by atoms with Crippen LogP contribution in [0.4, 0.5) is 0 Å². The van der Waals surface area contributed by atoms with Gasteiger partial charge in [0, 0.05) is 12.0 Å². The summed E-state index contributed by atoms with van der Waals surface area (Å²) >= 11 is 0. The Labute approximate surface area is 108 Å². The highest BCUT2D eigenvalue weighted by atomic mass is 35.5. The number of rotatable bonds is 1. The predicted octanol–water partition coefficient (Wildman–Crippen LogP) is 3.12. The molecule has 1 N–H and O–H groups in total. The van der Waals surface area contributed by atoms with Gasteiger partial charge >= 0.3 is 0 Å². The van der Waals surface area contributed by atoms with Crippen molar-refractivity contribution in [1.29, 1.82) is 0 Å². The molecule has 0 bridgehead atoms. The lowest BCUT2D eigenvalue weighted by atomic mass is 9.93. The van der Waals surface area contributed by atoms with Crippen molar-refractivity contribution >= 4 is 23.2 Å². The van der Waals surface area contributed by atoms with Gasteiger partial charge in [-0.15, -0.1) is 12.4 Å². The van der Waals surface area contributed by atoms with E-state index in [-0.39, 0.29) is 12.4 Å². The van der Waals surface area contributed by atoms with Crippen molar-refractivity contribution in [3.8, 4) is 0 Å². The van der Waals surface area contributed by atoms with E-state index in [0.717, 1.165) is 5.92 Å². The Bertz CT molecular complexity index is 566. The molecule has 1 nitrogen and oxygen atoms in total. The number of halogens is 1. The van der Waals surface area contributed by atoms with Crippen molar-refractivity contribution in [3.05, 3.63) is 48.0 Å². The minimum atomic E-state index is 0. The fraction of sp³-hybridized carbons (Fsp3) is 0.333. The monoisotopic (exact) mass is 245 g/mol. The highest BCUT2D eigenvalue weighted by Crippen LogP contribution is 2.56. The largest absolute Gasteiger partial charge is 0.316 e. The molecule has 2 heteroatoms. The molecule has 1 saturated heterocycles. The Kier molecular flexibility index (Phi) is 2.42.